The second-order valence-corrected chi connectivity index (χ2v) is 4.62. The van der Waals surface area contributed by atoms with Crippen LogP contribution < -0.4 is 5.32 Å². The number of carbonyl (C=O) groups is 1. The third-order valence-electron chi connectivity index (χ3n) is 3.21. The van der Waals surface area contributed by atoms with Gasteiger partial charge in [0.05, 0.1) is 11.8 Å². The van der Waals surface area contributed by atoms with E-state index in [1.807, 2.05) is 6.92 Å². The second kappa shape index (κ2) is 5.49. The van der Waals surface area contributed by atoms with Gasteiger partial charge in [0, 0.05) is 39.0 Å². The van der Waals surface area contributed by atoms with E-state index in [4.69, 9.17) is 4.74 Å². The molecule has 2 heterocycles. The third kappa shape index (κ3) is 3.08. The molecule has 0 aromatic carbocycles. The Hall–Kier alpha value is -1.40. The van der Waals surface area contributed by atoms with Crippen molar-refractivity contribution in [3.63, 3.8) is 0 Å². The van der Waals surface area contributed by atoms with Gasteiger partial charge >= 0.3 is 0 Å². The summed E-state index contributed by atoms with van der Waals surface area (Å²) in [6, 6.07) is 0. The van der Waals surface area contributed by atoms with Crippen LogP contribution in [0.15, 0.2) is 6.20 Å². The topological polar surface area (TPSA) is 87.2 Å². The van der Waals surface area contributed by atoms with E-state index in [1.54, 1.807) is 0 Å². The Morgan fingerprint density at radius 3 is 2.94 bits per heavy atom. The minimum Gasteiger partial charge on any atom is -0.388 e. The summed E-state index contributed by atoms with van der Waals surface area (Å²) in [5, 5.41) is 12.9. The van der Waals surface area contributed by atoms with E-state index in [-0.39, 0.29) is 12.5 Å². The fourth-order valence-corrected chi connectivity index (χ4v) is 1.93. The molecule has 0 spiro atoms. The molecule has 1 aliphatic rings. The number of rotatable bonds is 4. The van der Waals surface area contributed by atoms with Crippen molar-refractivity contribution in [3.05, 3.63) is 17.7 Å². The molecule has 6 heteroatoms. The molecular formula is C12H19N3O3. The van der Waals surface area contributed by atoms with Crippen molar-refractivity contribution < 1.29 is 14.6 Å². The lowest BCUT2D eigenvalue weighted by Crippen LogP contribution is -2.46. The van der Waals surface area contributed by atoms with Crippen molar-refractivity contribution >= 4 is 5.91 Å². The number of hydrogen-bond acceptors (Lipinski definition) is 4. The molecule has 0 unspecified atom stereocenters. The first-order valence-electron chi connectivity index (χ1n) is 6.25. The van der Waals surface area contributed by atoms with Crippen LogP contribution in [0.2, 0.25) is 0 Å². The summed E-state index contributed by atoms with van der Waals surface area (Å²) < 4.78 is 5.19. The molecule has 6 nitrogen and oxygen atoms in total. The van der Waals surface area contributed by atoms with Gasteiger partial charge in [0.25, 0.3) is 5.91 Å². The number of imidazole rings is 1. The number of aromatic amines is 1. The maximum Gasteiger partial charge on any atom is 0.269 e. The quantitative estimate of drug-likeness (QED) is 0.717. The molecule has 1 aliphatic heterocycles. The van der Waals surface area contributed by atoms with Crippen LogP contribution in [0.25, 0.3) is 0 Å². The molecule has 0 saturated carbocycles. The summed E-state index contributed by atoms with van der Waals surface area (Å²) in [4.78, 5) is 18.8. The highest BCUT2D eigenvalue weighted by Gasteiger charge is 2.30. The molecule has 1 fully saturated rings. The number of aliphatic hydroxyl groups is 1. The normalized spacial score (nSPS) is 18.6. The highest BCUT2D eigenvalue weighted by Crippen LogP contribution is 2.19. The van der Waals surface area contributed by atoms with Gasteiger partial charge in [0.1, 0.15) is 11.5 Å². The fourth-order valence-electron chi connectivity index (χ4n) is 1.93. The average Bonchev–Trinajstić information content (AvgIpc) is 2.86. The number of aryl methyl sites for hydroxylation is 1. The Morgan fingerprint density at radius 1 is 1.61 bits per heavy atom. The molecule has 0 aliphatic carbocycles. The lowest BCUT2D eigenvalue weighted by atomic mass is 9.94. The van der Waals surface area contributed by atoms with E-state index in [9.17, 15) is 9.90 Å². The van der Waals surface area contributed by atoms with E-state index in [1.165, 1.54) is 6.20 Å². The summed E-state index contributed by atoms with van der Waals surface area (Å²) in [6.07, 6.45) is 3.38. The number of hydrogen-bond donors (Lipinski definition) is 3. The number of aromatic nitrogens is 2. The molecule has 1 aromatic heterocycles. The maximum atomic E-state index is 11.8. The van der Waals surface area contributed by atoms with Gasteiger partial charge in [-0.05, 0) is 0 Å². The Kier molecular flexibility index (Phi) is 3.98. The first-order valence-corrected chi connectivity index (χ1v) is 6.25. The van der Waals surface area contributed by atoms with Crippen molar-refractivity contribution in [2.75, 3.05) is 19.8 Å². The third-order valence-corrected chi connectivity index (χ3v) is 3.21. The monoisotopic (exact) mass is 253 g/mol. The molecule has 18 heavy (non-hydrogen) atoms. The Morgan fingerprint density at radius 2 is 2.33 bits per heavy atom. The lowest BCUT2D eigenvalue weighted by molar-refractivity contribution is -0.0605. The van der Waals surface area contributed by atoms with Gasteiger partial charge in [0.15, 0.2) is 0 Å². The van der Waals surface area contributed by atoms with Crippen LogP contribution >= 0.6 is 0 Å². The van der Waals surface area contributed by atoms with Gasteiger partial charge in [-0.25, -0.2) is 4.98 Å². The van der Waals surface area contributed by atoms with Crippen LogP contribution in [0.4, 0.5) is 0 Å². The number of amides is 1. The molecule has 0 atom stereocenters. The molecule has 2 rings (SSSR count). The minimum absolute atomic E-state index is 0.234. The molecule has 100 valence electrons. The standard InChI is InChI=1S/C12H19N3O3/c1-2-10-13-7-9(15-10)11(16)14-8-12(17)3-5-18-6-4-12/h7,17H,2-6,8H2,1H3,(H,13,15)(H,14,16). The van der Waals surface area contributed by atoms with Crippen molar-refractivity contribution in [2.45, 2.75) is 31.8 Å². The lowest BCUT2D eigenvalue weighted by Gasteiger charge is -2.31. The number of carbonyl (C=O) groups excluding carboxylic acids is 1. The molecule has 1 amide bonds. The molecule has 1 saturated heterocycles. The predicted molar refractivity (Wildman–Crippen MR) is 65.3 cm³/mol. The maximum absolute atomic E-state index is 11.8. The van der Waals surface area contributed by atoms with E-state index in [0.717, 1.165) is 12.2 Å². The smallest absolute Gasteiger partial charge is 0.269 e. The largest absolute Gasteiger partial charge is 0.388 e. The summed E-state index contributed by atoms with van der Waals surface area (Å²) in [6.45, 7) is 3.29. The van der Waals surface area contributed by atoms with Gasteiger partial charge in [-0.3, -0.25) is 4.79 Å². The highest BCUT2D eigenvalue weighted by molar-refractivity contribution is 5.92. The van der Waals surface area contributed by atoms with Gasteiger partial charge in [-0.2, -0.15) is 0 Å². The van der Waals surface area contributed by atoms with Crippen LogP contribution in [-0.4, -0.2) is 46.3 Å². The first-order chi connectivity index (χ1) is 8.63. The summed E-state index contributed by atoms with van der Waals surface area (Å²) >= 11 is 0. The Bertz CT molecular complexity index is 410. The second-order valence-electron chi connectivity index (χ2n) is 4.62. The van der Waals surface area contributed by atoms with Crippen LogP contribution in [0.5, 0.6) is 0 Å². The summed E-state index contributed by atoms with van der Waals surface area (Å²) in [7, 11) is 0. The van der Waals surface area contributed by atoms with Crippen molar-refractivity contribution in [2.24, 2.45) is 0 Å². The number of nitrogens with one attached hydrogen (secondary N) is 2. The van der Waals surface area contributed by atoms with Crippen LogP contribution in [0, 0.1) is 0 Å². The van der Waals surface area contributed by atoms with Crippen LogP contribution in [0.3, 0.4) is 0 Å². The van der Waals surface area contributed by atoms with Crippen molar-refractivity contribution in [3.8, 4) is 0 Å². The van der Waals surface area contributed by atoms with Gasteiger partial charge in [-0.1, -0.05) is 6.92 Å². The minimum atomic E-state index is -0.846. The van der Waals surface area contributed by atoms with E-state index in [0.29, 0.717) is 31.7 Å². The van der Waals surface area contributed by atoms with Crippen LogP contribution in [-0.2, 0) is 11.2 Å². The van der Waals surface area contributed by atoms with Gasteiger partial charge in [-0.15, -0.1) is 0 Å². The van der Waals surface area contributed by atoms with E-state index < -0.39 is 5.60 Å². The molecule has 3 N–H and O–H groups in total. The Balaban J connectivity index is 1.87. The van der Waals surface area contributed by atoms with E-state index in [2.05, 4.69) is 15.3 Å². The first kappa shape index (κ1) is 13.0. The zero-order chi connectivity index (χ0) is 13.0. The zero-order valence-corrected chi connectivity index (χ0v) is 10.5. The molecule has 1 aromatic rings. The SMILES string of the molecule is CCc1ncc(C(=O)NCC2(O)CCOCC2)[nH]1. The van der Waals surface area contributed by atoms with E-state index >= 15 is 0 Å². The van der Waals surface area contributed by atoms with Crippen LogP contribution in [0.1, 0.15) is 36.1 Å². The Labute approximate surface area is 106 Å². The number of H-pyrrole nitrogens is 1. The van der Waals surface area contributed by atoms with Gasteiger partial charge < -0.3 is 20.1 Å². The molecule has 0 radical (unpaired) electrons. The number of nitrogens with zero attached hydrogens (tertiary/aromatic N) is 1. The van der Waals surface area contributed by atoms with Gasteiger partial charge in [0.2, 0.25) is 0 Å². The fraction of sp³-hybridized carbons (Fsp3) is 0.667. The summed E-state index contributed by atoms with van der Waals surface area (Å²) in [5.41, 5.74) is -0.413. The zero-order valence-electron chi connectivity index (χ0n) is 10.5. The predicted octanol–water partition coefficient (Wildman–Crippen LogP) is 0.243. The highest BCUT2D eigenvalue weighted by atomic mass is 16.5. The molecular weight excluding hydrogens is 234 g/mol. The summed E-state index contributed by atoms with van der Waals surface area (Å²) in [5.74, 6) is 0.548. The molecule has 0 bridgehead atoms. The van der Waals surface area contributed by atoms with Crippen molar-refractivity contribution in [1.29, 1.82) is 0 Å². The van der Waals surface area contributed by atoms with Crippen molar-refractivity contribution in [1.82, 2.24) is 15.3 Å². The number of ether oxygens (including phenoxy) is 1. The average molecular weight is 253 g/mol.